The molecule has 4 aromatic rings. The van der Waals surface area contributed by atoms with Gasteiger partial charge in [0.2, 0.25) is 5.95 Å². The number of methoxy groups -OCH3 is 1. The van der Waals surface area contributed by atoms with E-state index in [0.29, 0.717) is 17.2 Å². The van der Waals surface area contributed by atoms with Crippen LogP contribution in [-0.4, -0.2) is 78.5 Å². The van der Waals surface area contributed by atoms with E-state index in [9.17, 15) is 0 Å². The van der Waals surface area contributed by atoms with Crippen molar-refractivity contribution >= 4 is 63.6 Å². The van der Waals surface area contributed by atoms with E-state index >= 15 is 0 Å². The maximum Gasteiger partial charge on any atom is 0.229 e. The van der Waals surface area contributed by atoms with E-state index in [1.807, 2.05) is 25.4 Å². The van der Waals surface area contributed by atoms with Gasteiger partial charge in [-0.3, -0.25) is 9.97 Å². The number of hydrogen-bond donors (Lipinski definition) is 2. The van der Waals surface area contributed by atoms with Crippen LogP contribution in [0.2, 0.25) is 0 Å². The van der Waals surface area contributed by atoms with E-state index < -0.39 is 0 Å². The molecule has 6 rings (SSSR count). The second-order valence-corrected chi connectivity index (χ2v) is 12.0. The van der Waals surface area contributed by atoms with E-state index in [4.69, 9.17) is 9.72 Å². The van der Waals surface area contributed by atoms with Crippen molar-refractivity contribution in [1.82, 2.24) is 24.8 Å². The lowest BCUT2D eigenvalue weighted by atomic mass is 9.73. The van der Waals surface area contributed by atoms with Gasteiger partial charge >= 0.3 is 0 Å². The molecule has 0 unspecified atom stereocenters. The standard InChI is InChI=1S/C31H37N9OS/c1-7-20-13-24(26(41-5)14-25(20)40-18-31(19-40)16-38(3)17-31)36-30-34-15-21(8-2)29(37-30)35-23-10-9-22-27(33-12-11-32-22)28(23)39(4)42-6/h8-15H,2,7,16-19H2,1,3-6H3,(H2,34,35,36,37). The number of likely N-dealkylation sites (tertiary alicyclic amines) is 1. The number of anilines is 6. The zero-order valence-electron chi connectivity index (χ0n) is 24.8. The Bertz CT molecular complexity index is 1630. The van der Waals surface area contributed by atoms with E-state index in [-0.39, 0.29) is 0 Å². The van der Waals surface area contributed by atoms with Crippen LogP contribution in [0.25, 0.3) is 17.1 Å². The van der Waals surface area contributed by atoms with Gasteiger partial charge in [-0.2, -0.15) is 4.98 Å². The molecular weight excluding hydrogens is 546 g/mol. The highest BCUT2D eigenvalue weighted by atomic mass is 32.2. The van der Waals surface area contributed by atoms with Crippen molar-refractivity contribution in [2.24, 2.45) is 5.41 Å². The lowest BCUT2D eigenvalue weighted by Crippen LogP contribution is -2.71. The molecule has 0 atom stereocenters. The molecule has 1 spiro atoms. The maximum atomic E-state index is 5.85. The summed E-state index contributed by atoms with van der Waals surface area (Å²) in [5.41, 5.74) is 7.98. The molecule has 0 amide bonds. The van der Waals surface area contributed by atoms with Crippen LogP contribution < -0.4 is 24.6 Å². The summed E-state index contributed by atoms with van der Waals surface area (Å²) in [4.78, 5) is 23.4. The third-order valence-corrected chi connectivity index (χ3v) is 8.85. The van der Waals surface area contributed by atoms with E-state index in [0.717, 1.165) is 58.9 Å². The number of ether oxygens (including phenoxy) is 1. The number of aryl methyl sites for hydroxylation is 1. The molecule has 2 fully saturated rings. The first-order valence-corrected chi connectivity index (χ1v) is 15.2. The van der Waals surface area contributed by atoms with Crippen LogP contribution in [-0.2, 0) is 6.42 Å². The summed E-state index contributed by atoms with van der Waals surface area (Å²) in [6.45, 7) is 10.7. The zero-order chi connectivity index (χ0) is 29.4. The number of hydrogen-bond acceptors (Lipinski definition) is 11. The highest BCUT2D eigenvalue weighted by Gasteiger charge is 2.50. The van der Waals surface area contributed by atoms with Gasteiger partial charge in [0.1, 0.15) is 17.1 Å². The Kier molecular flexibility index (Phi) is 7.54. The molecule has 42 heavy (non-hydrogen) atoms. The molecule has 0 radical (unpaired) electrons. The minimum atomic E-state index is 0.455. The highest BCUT2D eigenvalue weighted by molar-refractivity contribution is 7.99. The molecule has 0 saturated carbocycles. The van der Waals surface area contributed by atoms with Crippen molar-refractivity contribution in [3.63, 3.8) is 0 Å². The monoisotopic (exact) mass is 583 g/mol. The van der Waals surface area contributed by atoms with Gasteiger partial charge < -0.3 is 29.5 Å². The molecule has 11 heteroatoms. The summed E-state index contributed by atoms with van der Waals surface area (Å²) in [7, 11) is 5.90. The van der Waals surface area contributed by atoms with Gasteiger partial charge in [0.05, 0.1) is 29.7 Å². The average molecular weight is 584 g/mol. The Morgan fingerprint density at radius 1 is 1.10 bits per heavy atom. The van der Waals surface area contributed by atoms with Crippen LogP contribution in [0.4, 0.5) is 34.5 Å². The fourth-order valence-corrected chi connectivity index (χ4v) is 6.54. The SMILES string of the molecule is C=Cc1cnc(Nc2cc(CC)c(N3CC4(CN(C)C4)C3)cc2OC)nc1Nc1ccc2nccnc2c1N(C)SC. The van der Waals surface area contributed by atoms with Gasteiger partial charge in [0, 0.05) is 80.8 Å². The Hall–Kier alpha value is -4.09. The summed E-state index contributed by atoms with van der Waals surface area (Å²) in [5.74, 6) is 1.85. The third kappa shape index (κ3) is 5.07. The van der Waals surface area contributed by atoms with Gasteiger partial charge in [-0.15, -0.1) is 0 Å². The average Bonchev–Trinajstić information content (AvgIpc) is 2.97. The number of aromatic nitrogens is 4. The molecule has 2 aromatic carbocycles. The van der Waals surface area contributed by atoms with Gasteiger partial charge in [-0.05, 0) is 37.2 Å². The first-order valence-electron chi connectivity index (χ1n) is 14.1. The third-order valence-electron chi connectivity index (χ3n) is 8.12. The summed E-state index contributed by atoms with van der Waals surface area (Å²) < 4.78 is 7.91. The maximum absolute atomic E-state index is 5.85. The number of nitrogens with zero attached hydrogens (tertiary/aromatic N) is 7. The Morgan fingerprint density at radius 3 is 2.57 bits per heavy atom. The summed E-state index contributed by atoms with van der Waals surface area (Å²) in [5, 5.41) is 6.93. The molecule has 0 aliphatic carbocycles. The second-order valence-electron chi connectivity index (χ2n) is 11.1. The summed E-state index contributed by atoms with van der Waals surface area (Å²) in [6, 6.07) is 8.27. The minimum Gasteiger partial charge on any atom is -0.494 e. The molecule has 4 heterocycles. The normalized spacial score (nSPS) is 15.7. The van der Waals surface area contributed by atoms with Crippen LogP contribution in [0, 0.1) is 5.41 Å². The molecule has 0 bridgehead atoms. The number of fused-ring (bicyclic) bond motifs is 1. The second kappa shape index (κ2) is 11.3. The van der Waals surface area contributed by atoms with E-state index in [2.05, 4.69) is 72.4 Å². The fourth-order valence-electron chi connectivity index (χ4n) is 6.17. The predicted molar refractivity (Wildman–Crippen MR) is 175 cm³/mol. The predicted octanol–water partition coefficient (Wildman–Crippen LogP) is 5.59. The molecule has 218 valence electrons. The largest absolute Gasteiger partial charge is 0.494 e. The number of nitrogens with one attached hydrogen (secondary N) is 2. The van der Waals surface area contributed by atoms with Crippen molar-refractivity contribution in [1.29, 1.82) is 0 Å². The smallest absolute Gasteiger partial charge is 0.229 e. The van der Waals surface area contributed by atoms with Crippen molar-refractivity contribution in [2.45, 2.75) is 13.3 Å². The summed E-state index contributed by atoms with van der Waals surface area (Å²) >= 11 is 1.59. The lowest BCUT2D eigenvalue weighted by Gasteiger charge is -2.60. The van der Waals surface area contributed by atoms with E-state index in [1.54, 1.807) is 43.7 Å². The first-order chi connectivity index (χ1) is 20.4. The zero-order valence-corrected chi connectivity index (χ0v) is 25.6. The molecular formula is C31H37N9OS. The van der Waals surface area contributed by atoms with Crippen molar-refractivity contribution in [2.75, 3.05) is 73.5 Å². The minimum absolute atomic E-state index is 0.455. The summed E-state index contributed by atoms with van der Waals surface area (Å²) in [6.07, 6.45) is 9.86. The lowest BCUT2D eigenvalue weighted by molar-refractivity contribution is -0.00247. The number of benzene rings is 2. The molecule has 10 nitrogen and oxygen atoms in total. The first kappa shape index (κ1) is 28.0. The van der Waals surface area contributed by atoms with Crippen LogP contribution in [0.3, 0.4) is 0 Å². The van der Waals surface area contributed by atoms with Crippen molar-refractivity contribution in [3.05, 3.63) is 60.6 Å². The van der Waals surface area contributed by atoms with Crippen LogP contribution >= 0.6 is 11.9 Å². The van der Waals surface area contributed by atoms with Gasteiger partial charge in [0.15, 0.2) is 0 Å². The van der Waals surface area contributed by atoms with Crippen LogP contribution in [0.1, 0.15) is 18.1 Å². The molecule has 2 aliphatic heterocycles. The Morgan fingerprint density at radius 2 is 1.88 bits per heavy atom. The van der Waals surface area contributed by atoms with Crippen molar-refractivity contribution < 1.29 is 4.74 Å². The van der Waals surface area contributed by atoms with Crippen molar-refractivity contribution in [3.8, 4) is 5.75 Å². The Balaban J connectivity index is 1.30. The number of rotatable bonds is 10. The highest BCUT2D eigenvalue weighted by Crippen LogP contribution is 2.45. The Labute approximate surface area is 251 Å². The molecule has 2 aliphatic rings. The fraction of sp³-hybridized carbons (Fsp3) is 0.355. The molecule has 2 saturated heterocycles. The van der Waals surface area contributed by atoms with E-state index in [1.165, 1.54) is 24.3 Å². The van der Waals surface area contributed by atoms with Gasteiger partial charge in [-0.25, -0.2) is 4.98 Å². The van der Waals surface area contributed by atoms with Crippen LogP contribution in [0.15, 0.2) is 49.4 Å². The molecule has 2 N–H and O–H groups in total. The quantitative estimate of drug-likeness (QED) is 0.229. The van der Waals surface area contributed by atoms with Gasteiger partial charge in [-0.1, -0.05) is 31.5 Å². The van der Waals surface area contributed by atoms with Crippen LogP contribution in [0.5, 0.6) is 5.75 Å². The molecule has 2 aromatic heterocycles. The topological polar surface area (TPSA) is 94.6 Å². The van der Waals surface area contributed by atoms with Gasteiger partial charge in [0.25, 0.3) is 0 Å².